The van der Waals surface area contributed by atoms with Crippen molar-refractivity contribution in [3.8, 4) is 0 Å². The fourth-order valence-electron chi connectivity index (χ4n) is 1.12. The number of hydrogen-bond donors (Lipinski definition) is 3. The van der Waals surface area contributed by atoms with Crippen LogP contribution in [-0.2, 0) is 14.3 Å². The van der Waals surface area contributed by atoms with Crippen LogP contribution in [0, 0.1) is 0 Å². The molecule has 1 unspecified atom stereocenters. The Balaban J connectivity index is 3.62. The molecule has 3 N–H and O–H groups in total. The van der Waals surface area contributed by atoms with Gasteiger partial charge in [-0.3, -0.25) is 4.79 Å². The second-order valence-corrected chi connectivity index (χ2v) is 3.44. The van der Waals surface area contributed by atoms with Gasteiger partial charge in [-0.2, -0.15) is 0 Å². The lowest BCUT2D eigenvalue weighted by atomic mass is 10.2. The van der Waals surface area contributed by atoms with Gasteiger partial charge in [-0.15, -0.1) is 0 Å². The lowest BCUT2D eigenvalue weighted by Crippen LogP contribution is -2.41. The number of carbonyl (C=O) groups is 2. The van der Waals surface area contributed by atoms with Crippen molar-refractivity contribution in [3.63, 3.8) is 0 Å². The van der Waals surface area contributed by atoms with Crippen molar-refractivity contribution in [2.75, 3.05) is 33.9 Å². The van der Waals surface area contributed by atoms with Crippen LogP contribution in [0.15, 0.2) is 0 Å². The number of carboxylic acids is 1. The molecule has 0 aromatic carbocycles. The molecule has 2 amide bonds. The van der Waals surface area contributed by atoms with E-state index in [1.54, 1.807) is 7.11 Å². The van der Waals surface area contributed by atoms with Crippen LogP contribution in [0.2, 0.25) is 0 Å². The largest absolute Gasteiger partial charge is 0.481 e. The van der Waals surface area contributed by atoms with E-state index in [-0.39, 0.29) is 19.0 Å². The highest BCUT2D eigenvalue weighted by atomic mass is 16.5. The summed E-state index contributed by atoms with van der Waals surface area (Å²) in [7, 11) is 3.00. The van der Waals surface area contributed by atoms with Crippen molar-refractivity contribution in [2.45, 2.75) is 18.9 Å². The van der Waals surface area contributed by atoms with Gasteiger partial charge in [-0.1, -0.05) is 0 Å². The third-order valence-corrected chi connectivity index (χ3v) is 2.04. The first kappa shape index (κ1) is 15.7. The molecule has 1 atom stereocenters. The third kappa shape index (κ3) is 9.58. The quantitative estimate of drug-likeness (QED) is 0.491. The van der Waals surface area contributed by atoms with E-state index in [1.807, 2.05) is 0 Å². The van der Waals surface area contributed by atoms with Crippen molar-refractivity contribution in [1.29, 1.82) is 0 Å². The average Bonchev–Trinajstić information content (AvgIpc) is 2.29. The van der Waals surface area contributed by atoms with E-state index in [1.165, 1.54) is 7.11 Å². The number of aliphatic carboxylic acids is 1. The summed E-state index contributed by atoms with van der Waals surface area (Å²) in [6.45, 7) is 1.26. The molecule has 0 aliphatic carbocycles. The molecule has 0 saturated heterocycles. The zero-order valence-corrected chi connectivity index (χ0v) is 10.2. The molecule has 0 aromatic heterocycles. The fourth-order valence-corrected chi connectivity index (χ4v) is 1.12. The monoisotopic (exact) mass is 248 g/mol. The Morgan fingerprint density at radius 2 is 2.00 bits per heavy atom. The number of nitrogens with one attached hydrogen (secondary N) is 2. The summed E-state index contributed by atoms with van der Waals surface area (Å²) in [4.78, 5) is 21.7. The summed E-state index contributed by atoms with van der Waals surface area (Å²) in [5.74, 6) is -0.959. The normalized spacial score (nSPS) is 11.9. The minimum atomic E-state index is -0.959. The van der Waals surface area contributed by atoms with Crippen molar-refractivity contribution in [3.05, 3.63) is 0 Å². The van der Waals surface area contributed by atoms with Crippen LogP contribution >= 0.6 is 0 Å². The van der Waals surface area contributed by atoms with E-state index in [4.69, 9.17) is 14.6 Å². The second kappa shape index (κ2) is 9.86. The minimum Gasteiger partial charge on any atom is -0.481 e. The summed E-state index contributed by atoms with van der Waals surface area (Å²) in [6.07, 6.45) is 0.0740. The number of carboxylic acid groups (broad SMARTS) is 1. The molecule has 0 aromatic rings. The predicted molar refractivity (Wildman–Crippen MR) is 60.9 cm³/mol. The Labute approximate surface area is 100 Å². The zero-order chi connectivity index (χ0) is 13.1. The molecule has 0 aliphatic heterocycles. The van der Waals surface area contributed by atoms with Crippen molar-refractivity contribution >= 4 is 12.0 Å². The van der Waals surface area contributed by atoms with Gasteiger partial charge in [0.05, 0.1) is 12.5 Å². The Hall–Kier alpha value is -1.34. The molecule has 0 heterocycles. The van der Waals surface area contributed by atoms with Gasteiger partial charge in [0.2, 0.25) is 0 Å². The molecule has 17 heavy (non-hydrogen) atoms. The number of methoxy groups -OCH3 is 2. The molecule has 0 fully saturated rings. The topological polar surface area (TPSA) is 96.9 Å². The molecular formula is C10H20N2O5. The smallest absolute Gasteiger partial charge is 0.314 e. The molecule has 0 bridgehead atoms. The van der Waals surface area contributed by atoms with E-state index >= 15 is 0 Å². The van der Waals surface area contributed by atoms with Gasteiger partial charge in [-0.25, -0.2) is 4.79 Å². The van der Waals surface area contributed by atoms with Crippen LogP contribution in [0.25, 0.3) is 0 Å². The Morgan fingerprint density at radius 3 is 2.53 bits per heavy atom. The molecule has 0 spiro atoms. The standard InChI is InChI=1S/C10H20N2O5/c1-16-5-3-4-11-10(15)12-7-8(17-2)6-9(13)14/h8H,3-7H2,1-2H3,(H,13,14)(H2,11,12,15). The summed E-state index contributed by atoms with van der Waals surface area (Å²) in [5.41, 5.74) is 0. The van der Waals surface area contributed by atoms with Crippen molar-refractivity contribution in [2.24, 2.45) is 0 Å². The fraction of sp³-hybridized carbons (Fsp3) is 0.800. The molecule has 0 radical (unpaired) electrons. The number of amides is 2. The van der Waals surface area contributed by atoms with E-state index in [2.05, 4.69) is 10.6 Å². The maximum Gasteiger partial charge on any atom is 0.314 e. The second-order valence-electron chi connectivity index (χ2n) is 3.44. The van der Waals surface area contributed by atoms with Gasteiger partial charge in [0.15, 0.2) is 0 Å². The molecule has 7 nitrogen and oxygen atoms in total. The molecular weight excluding hydrogens is 228 g/mol. The molecule has 7 heteroatoms. The highest BCUT2D eigenvalue weighted by molar-refractivity contribution is 5.74. The van der Waals surface area contributed by atoms with Crippen LogP contribution in [0.3, 0.4) is 0 Å². The number of ether oxygens (including phenoxy) is 2. The Bertz CT molecular complexity index is 235. The summed E-state index contributed by atoms with van der Waals surface area (Å²) in [5, 5.41) is 13.7. The molecule has 0 saturated carbocycles. The van der Waals surface area contributed by atoms with Gasteiger partial charge in [-0.05, 0) is 6.42 Å². The first-order valence-corrected chi connectivity index (χ1v) is 5.35. The first-order valence-electron chi connectivity index (χ1n) is 5.35. The van der Waals surface area contributed by atoms with Gasteiger partial charge >= 0.3 is 12.0 Å². The number of hydrogen-bond acceptors (Lipinski definition) is 4. The number of rotatable bonds is 9. The maximum absolute atomic E-state index is 11.2. The summed E-state index contributed by atoms with van der Waals surface area (Å²) >= 11 is 0. The van der Waals surface area contributed by atoms with E-state index < -0.39 is 12.1 Å². The van der Waals surface area contributed by atoms with Crippen LogP contribution in [0.5, 0.6) is 0 Å². The van der Waals surface area contributed by atoms with E-state index in [0.29, 0.717) is 13.2 Å². The van der Waals surface area contributed by atoms with Crippen LogP contribution < -0.4 is 10.6 Å². The highest BCUT2D eigenvalue weighted by Crippen LogP contribution is 1.95. The SMILES string of the molecule is COCCCNC(=O)NCC(CC(=O)O)OC. The molecule has 100 valence electrons. The minimum absolute atomic E-state index is 0.138. The van der Waals surface area contributed by atoms with Crippen LogP contribution in [-0.4, -0.2) is 57.1 Å². The van der Waals surface area contributed by atoms with Crippen LogP contribution in [0.4, 0.5) is 4.79 Å². The van der Waals surface area contributed by atoms with Gasteiger partial charge in [0.25, 0.3) is 0 Å². The first-order chi connectivity index (χ1) is 8.10. The average molecular weight is 248 g/mol. The van der Waals surface area contributed by atoms with Crippen LogP contribution in [0.1, 0.15) is 12.8 Å². The van der Waals surface area contributed by atoms with Crippen molar-refractivity contribution < 1.29 is 24.2 Å². The lowest BCUT2D eigenvalue weighted by molar-refractivity contribution is -0.139. The predicted octanol–water partition coefficient (Wildman–Crippen LogP) is -0.188. The summed E-state index contributed by atoms with van der Waals surface area (Å²) in [6, 6.07) is -0.339. The van der Waals surface area contributed by atoms with Crippen molar-refractivity contribution in [1.82, 2.24) is 10.6 Å². The third-order valence-electron chi connectivity index (χ3n) is 2.04. The Kier molecular flexibility index (Phi) is 9.08. The number of carbonyl (C=O) groups excluding carboxylic acids is 1. The highest BCUT2D eigenvalue weighted by Gasteiger charge is 2.13. The van der Waals surface area contributed by atoms with E-state index in [0.717, 1.165) is 6.42 Å². The van der Waals surface area contributed by atoms with Gasteiger partial charge < -0.3 is 25.2 Å². The molecule has 0 rings (SSSR count). The van der Waals surface area contributed by atoms with E-state index in [9.17, 15) is 9.59 Å². The molecule has 0 aliphatic rings. The number of urea groups is 1. The van der Waals surface area contributed by atoms with Gasteiger partial charge in [0, 0.05) is 33.9 Å². The zero-order valence-electron chi connectivity index (χ0n) is 10.2. The lowest BCUT2D eigenvalue weighted by Gasteiger charge is -2.14. The van der Waals surface area contributed by atoms with Gasteiger partial charge in [0.1, 0.15) is 0 Å². The summed E-state index contributed by atoms with van der Waals surface area (Å²) < 4.78 is 9.74. The maximum atomic E-state index is 11.2. The Morgan fingerprint density at radius 1 is 1.29 bits per heavy atom.